The topological polar surface area (TPSA) is 94.1 Å². The second kappa shape index (κ2) is 7.31. The molecule has 0 saturated carbocycles. The summed E-state index contributed by atoms with van der Waals surface area (Å²) in [5.74, 6) is 0.913. The minimum atomic E-state index is -0.488. The van der Waals surface area contributed by atoms with Crippen molar-refractivity contribution >= 4 is 23.0 Å². The molecule has 1 atom stereocenters. The number of hydrogen-bond acceptors (Lipinski definition) is 6. The van der Waals surface area contributed by atoms with Crippen molar-refractivity contribution in [1.82, 2.24) is 10.1 Å². The lowest BCUT2D eigenvalue weighted by molar-refractivity contribution is -0.384. The molecule has 25 heavy (non-hydrogen) atoms. The third kappa shape index (κ3) is 4.13. The quantitative estimate of drug-likeness (QED) is 0.518. The number of nitro groups is 1. The predicted octanol–water partition coefficient (Wildman–Crippen LogP) is 4.40. The molecular formula is C17H15ClN4O3. The van der Waals surface area contributed by atoms with Crippen LogP contribution in [0, 0.1) is 10.1 Å². The summed E-state index contributed by atoms with van der Waals surface area (Å²) in [4.78, 5) is 15.0. The molecule has 8 heteroatoms. The maximum atomic E-state index is 11.2. The lowest BCUT2D eigenvalue weighted by Crippen LogP contribution is -2.10. The van der Waals surface area contributed by atoms with E-state index in [0.29, 0.717) is 28.8 Å². The Morgan fingerprint density at radius 2 is 2.04 bits per heavy atom. The highest BCUT2D eigenvalue weighted by Crippen LogP contribution is 2.30. The van der Waals surface area contributed by atoms with E-state index in [0.717, 1.165) is 5.56 Å². The van der Waals surface area contributed by atoms with Crippen LogP contribution >= 0.6 is 11.6 Å². The van der Waals surface area contributed by atoms with Gasteiger partial charge in [-0.1, -0.05) is 47.1 Å². The fraction of sp³-hybridized carbons (Fsp3) is 0.176. The van der Waals surface area contributed by atoms with Crippen LogP contribution < -0.4 is 5.32 Å². The van der Waals surface area contributed by atoms with Gasteiger partial charge < -0.3 is 9.84 Å². The number of nitrogens with one attached hydrogen (secondary N) is 1. The summed E-state index contributed by atoms with van der Waals surface area (Å²) >= 11 is 5.82. The number of rotatable bonds is 6. The molecule has 128 valence electrons. The van der Waals surface area contributed by atoms with Crippen LogP contribution in [0.5, 0.6) is 0 Å². The summed E-state index contributed by atoms with van der Waals surface area (Å²) in [6.45, 7) is 1.80. The molecule has 0 radical (unpaired) electrons. The van der Waals surface area contributed by atoms with Crippen LogP contribution in [-0.4, -0.2) is 15.1 Å². The van der Waals surface area contributed by atoms with E-state index in [2.05, 4.69) is 15.5 Å². The third-order valence-corrected chi connectivity index (χ3v) is 3.83. The second-order valence-electron chi connectivity index (χ2n) is 5.49. The Hall–Kier alpha value is -2.93. The molecule has 1 N–H and O–H groups in total. The Labute approximate surface area is 148 Å². The van der Waals surface area contributed by atoms with E-state index >= 15 is 0 Å². The average Bonchev–Trinajstić information content (AvgIpc) is 3.06. The zero-order valence-electron chi connectivity index (χ0n) is 13.3. The Morgan fingerprint density at radius 1 is 1.28 bits per heavy atom. The van der Waals surface area contributed by atoms with Crippen LogP contribution in [0.25, 0.3) is 0 Å². The third-order valence-electron chi connectivity index (χ3n) is 3.60. The molecule has 1 aromatic heterocycles. The molecule has 7 nitrogen and oxygen atoms in total. The van der Waals surface area contributed by atoms with Crippen molar-refractivity contribution < 1.29 is 9.45 Å². The van der Waals surface area contributed by atoms with Crippen LogP contribution in [-0.2, 0) is 6.42 Å². The van der Waals surface area contributed by atoms with Gasteiger partial charge >= 0.3 is 0 Å². The Balaban J connectivity index is 1.74. The largest absolute Gasteiger partial charge is 0.370 e. The summed E-state index contributed by atoms with van der Waals surface area (Å²) in [5, 5.41) is 18.4. The lowest BCUT2D eigenvalue weighted by atomic mass is 10.1. The summed E-state index contributed by atoms with van der Waals surface area (Å²) in [5.41, 5.74) is 1.30. The van der Waals surface area contributed by atoms with Gasteiger partial charge in [-0.05, 0) is 24.6 Å². The summed E-state index contributed by atoms with van der Waals surface area (Å²) in [6, 6.07) is 13.8. The number of nitrogens with zero attached hydrogens (tertiary/aromatic N) is 3. The maximum Gasteiger partial charge on any atom is 0.293 e. The number of anilines is 1. The zero-order chi connectivity index (χ0) is 17.8. The Bertz CT molecular complexity index is 883. The van der Waals surface area contributed by atoms with E-state index in [4.69, 9.17) is 16.1 Å². The first-order valence-corrected chi connectivity index (χ1v) is 7.97. The molecule has 1 heterocycles. The van der Waals surface area contributed by atoms with Gasteiger partial charge in [-0.25, -0.2) is 0 Å². The molecule has 0 fully saturated rings. The van der Waals surface area contributed by atoms with E-state index in [-0.39, 0.29) is 11.7 Å². The minimum absolute atomic E-state index is 0.104. The standard InChI is InChI=1S/C17H15ClN4O3/c1-11(19-14-8-7-13(18)10-15(14)22(23)24)17-20-16(25-21-17)9-12-5-3-2-4-6-12/h2-8,10-11,19H,9H2,1H3. The monoisotopic (exact) mass is 358 g/mol. The van der Waals surface area contributed by atoms with E-state index in [1.165, 1.54) is 6.07 Å². The van der Waals surface area contributed by atoms with Gasteiger partial charge in [-0.15, -0.1) is 0 Å². The van der Waals surface area contributed by atoms with Crippen molar-refractivity contribution in [3.8, 4) is 0 Å². The smallest absolute Gasteiger partial charge is 0.293 e. The number of aromatic nitrogens is 2. The van der Waals surface area contributed by atoms with Crippen molar-refractivity contribution in [2.24, 2.45) is 0 Å². The van der Waals surface area contributed by atoms with E-state index in [9.17, 15) is 10.1 Å². The van der Waals surface area contributed by atoms with Crippen LogP contribution in [0.2, 0.25) is 5.02 Å². The average molecular weight is 359 g/mol. The van der Waals surface area contributed by atoms with E-state index in [1.54, 1.807) is 19.1 Å². The van der Waals surface area contributed by atoms with Gasteiger partial charge in [-0.2, -0.15) is 4.98 Å². The molecule has 2 aromatic carbocycles. The first-order chi connectivity index (χ1) is 12.0. The van der Waals surface area contributed by atoms with Gasteiger partial charge in [0.25, 0.3) is 5.69 Å². The summed E-state index contributed by atoms with van der Waals surface area (Å²) in [7, 11) is 0. The number of nitro benzene ring substituents is 1. The minimum Gasteiger partial charge on any atom is -0.370 e. The Kier molecular flexibility index (Phi) is 4.95. The van der Waals surface area contributed by atoms with Crippen LogP contribution in [0.4, 0.5) is 11.4 Å². The van der Waals surface area contributed by atoms with E-state index in [1.807, 2.05) is 30.3 Å². The summed E-state index contributed by atoms with van der Waals surface area (Å²) in [6.07, 6.45) is 0.529. The molecule has 0 saturated heterocycles. The predicted molar refractivity (Wildman–Crippen MR) is 93.7 cm³/mol. The van der Waals surface area contributed by atoms with Crippen molar-refractivity contribution in [3.05, 3.63) is 80.9 Å². The Morgan fingerprint density at radius 3 is 2.76 bits per heavy atom. The molecule has 0 aliphatic heterocycles. The van der Waals surface area contributed by atoms with Gasteiger partial charge in [0.1, 0.15) is 5.69 Å². The molecule has 3 aromatic rings. The van der Waals surface area contributed by atoms with Crippen LogP contribution in [0.3, 0.4) is 0 Å². The molecule has 0 aliphatic rings. The van der Waals surface area contributed by atoms with Gasteiger partial charge in [0.05, 0.1) is 17.4 Å². The van der Waals surface area contributed by atoms with Crippen LogP contribution in [0.1, 0.15) is 30.2 Å². The number of benzene rings is 2. The van der Waals surface area contributed by atoms with Crippen molar-refractivity contribution in [2.75, 3.05) is 5.32 Å². The van der Waals surface area contributed by atoms with Gasteiger partial charge in [0.15, 0.2) is 5.82 Å². The number of halogens is 1. The van der Waals surface area contributed by atoms with Crippen LogP contribution in [0.15, 0.2) is 53.1 Å². The molecular weight excluding hydrogens is 344 g/mol. The summed E-state index contributed by atoms with van der Waals surface area (Å²) < 4.78 is 5.27. The van der Waals surface area contributed by atoms with Crippen molar-refractivity contribution in [1.29, 1.82) is 0 Å². The fourth-order valence-electron chi connectivity index (χ4n) is 2.36. The SMILES string of the molecule is CC(Nc1ccc(Cl)cc1[N+](=O)[O-])c1noc(Cc2ccccc2)n1. The van der Waals surface area contributed by atoms with Crippen molar-refractivity contribution in [3.63, 3.8) is 0 Å². The molecule has 0 aliphatic carbocycles. The lowest BCUT2D eigenvalue weighted by Gasteiger charge is -2.11. The molecule has 1 unspecified atom stereocenters. The first kappa shape index (κ1) is 16.9. The van der Waals surface area contributed by atoms with Gasteiger partial charge in [-0.3, -0.25) is 10.1 Å². The second-order valence-corrected chi connectivity index (χ2v) is 5.93. The highest BCUT2D eigenvalue weighted by Gasteiger charge is 2.19. The van der Waals surface area contributed by atoms with Crippen molar-refractivity contribution in [2.45, 2.75) is 19.4 Å². The highest BCUT2D eigenvalue weighted by molar-refractivity contribution is 6.30. The van der Waals surface area contributed by atoms with Gasteiger partial charge in [0, 0.05) is 11.1 Å². The number of hydrogen-bond donors (Lipinski definition) is 1. The molecule has 3 rings (SSSR count). The highest BCUT2D eigenvalue weighted by atomic mass is 35.5. The maximum absolute atomic E-state index is 11.2. The van der Waals surface area contributed by atoms with Gasteiger partial charge in [0.2, 0.25) is 5.89 Å². The van der Waals surface area contributed by atoms with E-state index < -0.39 is 4.92 Å². The molecule has 0 spiro atoms. The molecule has 0 amide bonds. The molecule has 0 bridgehead atoms. The fourth-order valence-corrected chi connectivity index (χ4v) is 2.53. The zero-order valence-corrected chi connectivity index (χ0v) is 14.1. The first-order valence-electron chi connectivity index (χ1n) is 7.60. The normalized spacial score (nSPS) is 11.9.